The van der Waals surface area contributed by atoms with Crippen molar-refractivity contribution in [3.8, 4) is 0 Å². The number of rotatable bonds is 7. The van der Waals surface area contributed by atoms with Gasteiger partial charge < -0.3 is 20.4 Å². The number of benzene rings is 2. The van der Waals surface area contributed by atoms with Crippen LogP contribution in [0.1, 0.15) is 57.1 Å². The number of ketones is 1. The number of hydrogen-bond acceptors (Lipinski definition) is 5. The molecule has 3 aliphatic heterocycles. The third kappa shape index (κ3) is 5.43. The second-order valence-corrected chi connectivity index (χ2v) is 13.7. The Bertz CT molecular complexity index is 1290. The summed E-state index contributed by atoms with van der Waals surface area (Å²) in [5.74, 6) is -1.62. The highest BCUT2D eigenvalue weighted by molar-refractivity contribution is 6.31. The molecule has 2 aromatic rings. The molecule has 2 saturated heterocycles. The molecule has 3 aliphatic rings. The summed E-state index contributed by atoms with van der Waals surface area (Å²) in [4.78, 5) is 32.9. The number of carbonyl (C=O) groups is 2. The lowest BCUT2D eigenvalue weighted by Gasteiger charge is -2.37. The summed E-state index contributed by atoms with van der Waals surface area (Å²) in [5.41, 5.74) is 0.245. The van der Waals surface area contributed by atoms with E-state index in [1.54, 1.807) is 24.3 Å². The monoisotopic (exact) mass is 588 g/mol. The molecule has 9 heteroatoms. The van der Waals surface area contributed by atoms with Gasteiger partial charge in [-0.05, 0) is 61.2 Å². The topological polar surface area (TPSA) is 64.7 Å². The zero-order valence-corrected chi connectivity index (χ0v) is 25.2. The molecule has 2 fully saturated rings. The fraction of sp³-hybridized carbons (Fsp3) is 0.548. The quantitative estimate of drug-likeness (QED) is 0.448. The number of fused-ring (bicyclic) bond motifs is 2. The Hall–Kier alpha value is -2.03. The molecule has 216 valence electrons. The minimum Gasteiger partial charge on any atom is -0.325 e. The van der Waals surface area contributed by atoms with Crippen molar-refractivity contribution >= 4 is 40.6 Å². The number of carbonyl (C=O) groups excluding carboxylic acids is 2. The van der Waals surface area contributed by atoms with Crippen molar-refractivity contribution < 1.29 is 14.0 Å². The average molecular weight is 590 g/mol. The van der Waals surface area contributed by atoms with Gasteiger partial charge in [-0.25, -0.2) is 4.39 Å². The summed E-state index contributed by atoms with van der Waals surface area (Å²) in [6.07, 6.45) is 1.66. The van der Waals surface area contributed by atoms with Gasteiger partial charge in [0.15, 0.2) is 0 Å². The summed E-state index contributed by atoms with van der Waals surface area (Å²) in [6.45, 7) is 11.2. The number of Topliss-reactive ketones (excluding diaryl/α,β-unsaturated/α-hetero) is 1. The van der Waals surface area contributed by atoms with Crippen LogP contribution in [0.3, 0.4) is 0 Å². The van der Waals surface area contributed by atoms with E-state index in [2.05, 4.69) is 48.3 Å². The van der Waals surface area contributed by atoms with Gasteiger partial charge >= 0.3 is 0 Å². The molecule has 3 heterocycles. The molecule has 2 N–H and O–H groups in total. The molecule has 0 radical (unpaired) electrons. The number of halogens is 3. The number of anilines is 1. The maximum absolute atomic E-state index is 15.9. The smallest absolute Gasteiger partial charge is 0.237 e. The van der Waals surface area contributed by atoms with E-state index in [1.807, 2.05) is 6.07 Å². The van der Waals surface area contributed by atoms with Crippen LogP contribution in [0, 0.1) is 11.2 Å². The van der Waals surface area contributed by atoms with Gasteiger partial charge in [0.25, 0.3) is 0 Å². The number of piperazine rings is 1. The number of amides is 1. The fourth-order valence-corrected chi connectivity index (χ4v) is 7.26. The third-order valence-corrected chi connectivity index (χ3v) is 9.31. The van der Waals surface area contributed by atoms with E-state index in [9.17, 15) is 9.59 Å². The van der Waals surface area contributed by atoms with Crippen LogP contribution in [0.4, 0.5) is 10.1 Å². The first-order chi connectivity index (χ1) is 18.9. The van der Waals surface area contributed by atoms with E-state index in [0.717, 1.165) is 38.3 Å². The maximum atomic E-state index is 15.9. The van der Waals surface area contributed by atoms with Crippen molar-refractivity contribution in [1.29, 1.82) is 0 Å². The van der Waals surface area contributed by atoms with Gasteiger partial charge in [0.05, 0.1) is 11.1 Å². The zero-order chi connectivity index (χ0) is 28.8. The van der Waals surface area contributed by atoms with Crippen LogP contribution in [0.2, 0.25) is 10.0 Å². The second kappa shape index (κ2) is 11.3. The minimum atomic E-state index is -1.21. The zero-order valence-electron chi connectivity index (χ0n) is 23.7. The molecule has 0 bridgehead atoms. The van der Waals surface area contributed by atoms with Gasteiger partial charge in [-0.3, -0.25) is 9.59 Å². The van der Waals surface area contributed by atoms with E-state index >= 15 is 4.39 Å². The SMILES string of the molecule is CN1CCN(CCCC(=O)[C@@H]2N[C@H](CC(C)(C)C)[C@]3(C(=O)Nc4cc(Cl)ccc43)[C@H]2c2cccc(Cl)c2F)CC1. The summed E-state index contributed by atoms with van der Waals surface area (Å²) < 4.78 is 15.9. The normalized spacial score (nSPS) is 27.3. The molecule has 2 aromatic carbocycles. The van der Waals surface area contributed by atoms with E-state index in [1.165, 1.54) is 6.07 Å². The van der Waals surface area contributed by atoms with Crippen molar-refractivity contribution in [2.45, 2.75) is 63.5 Å². The summed E-state index contributed by atoms with van der Waals surface area (Å²) in [5, 5.41) is 7.08. The number of nitrogens with one attached hydrogen (secondary N) is 2. The summed E-state index contributed by atoms with van der Waals surface area (Å²) >= 11 is 12.6. The Morgan fingerprint density at radius 2 is 1.85 bits per heavy atom. The van der Waals surface area contributed by atoms with E-state index in [4.69, 9.17) is 23.2 Å². The minimum absolute atomic E-state index is 0.00972. The predicted octanol–water partition coefficient (Wildman–Crippen LogP) is 5.48. The molecule has 1 spiro atoms. The van der Waals surface area contributed by atoms with Gasteiger partial charge in [0, 0.05) is 55.3 Å². The Labute approximate surface area is 246 Å². The van der Waals surface area contributed by atoms with Crippen molar-refractivity contribution in [3.05, 3.63) is 63.4 Å². The highest BCUT2D eigenvalue weighted by atomic mass is 35.5. The Balaban J connectivity index is 1.56. The second-order valence-electron chi connectivity index (χ2n) is 12.8. The first-order valence-electron chi connectivity index (χ1n) is 14.2. The average Bonchev–Trinajstić information content (AvgIpc) is 3.35. The van der Waals surface area contributed by atoms with Crippen LogP contribution in [0.5, 0.6) is 0 Å². The molecule has 6 nitrogen and oxygen atoms in total. The van der Waals surface area contributed by atoms with Crippen molar-refractivity contribution in [3.63, 3.8) is 0 Å². The highest BCUT2D eigenvalue weighted by Gasteiger charge is 2.65. The van der Waals surface area contributed by atoms with Crippen molar-refractivity contribution in [1.82, 2.24) is 15.1 Å². The van der Waals surface area contributed by atoms with Gasteiger partial charge in [-0.15, -0.1) is 0 Å². The third-order valence-electron chi connectivity index (χ3n) is 8.78. The molecule has 0 saturated carbocycles. The first kappa shape index (κ1) is 29.5. The Morgan fingerprint density at radius 1 is 1.12 bits per heavy atom. The molecule has 0 aliphatic carbocycles. The van der Waals surface area contributed by atoms with Crippen LogP contribution >= 0.6 is 23.2 Å². The van der Waals surface area contributed by atoms with E-state index in [-0.39, 0.29) is 27.7 Å². The van der Waals surface area contributed by atoms with E-state index in [0.29, 0.717) is 30.0 Å². The number of likely N-dealkylation sites (N-methyl/N-ethyl adjacent to an activating group) is 1. The molecule has 1 amide bonds. The lowest BCUT2D eigenvalue weighted by Crippen LogP contribution is -2.49. The van der Waals surface area contributed by atoms with Crippen LogP contribution in [-0.2, 0) is 15.0 Å². The van der Waals surface area contributed by atoms with Gasteiger partial charge in [-0.2, -0.15) is 0 Å². The van der Waals surface area contributed by atoms with Crippen LogP contribution in [0.25, 0.3) is 0 Å². The van der Waals surface area contributed by atoms with Crippen molar-refractivity contribution in [2.24, 2.45) is 5.41 Å². The Kier molecular flexibility index (Phi) is 8.35. The molecule has 4 atom stereocenters. The largest absolute Gasteiger partial charge is 0.325 e. The standard InChI is InChI=1S/C31H39Cl2FN4O2/c1-30(2,3)18-25-31(21-11-10-19(32)17-23(21)35-29(31)40)26(20-7-5-8-22(33)27(20)34)28(36-25)24(39)9-6-12-38-15-13-37(4)14-16-38/h5,7-8,10-11,17,25-26,28,36H,6,9,12-16,18H2,1-4H3,(H,35,40)/t25-,26+,28+,31+/m1/s1. The molecular weight excluding hydrogens is 550 g/mol. The highest BCUT2D eigenvalue weighted by Crippen LogP contribution is 2.57. The molecule has 0 aromatic heterocycles. The molecule has 5 rings (SSSR count). The lowest BCUT2D eigenvalue weighted by molar-refractivity contribution is -0.122. The van der Waals surface area contributed by atoms with E-state index < -0.39 is 29.2 Å². The fourth-order valence-electron chi connectivity index (χ4n) is 6.91. The summed E-state index contributed by atoms with van der Waals surface area (Å²) in [7, 11) is 2.12. The number of nitrogens with zero attached hydrogens (tertiary/aromatic N) is 2. The summed E-state index contributed by atoms with van der Waals surface area (Å²) in [6, 6.07) is 9.03. The molecular formula is C31H39Cl2FN4O2. The maximum Gasteiger partial charge on any atom is 0.237 e. The van der Waals surface area contributed by atoms with Gasteiger partial charge in [0.1, 0.15) is 17.0 Å². The van der Waals surface area contributed by atoms with Gasteiger partial charge in [-0.1, -0.05) is 62.2 Å². The number of hydrogen-bond donors (Lipinski definition) is 2. The Morgan fingerprint density at radius 3 is 2.55 bits per heavy atom. The van der Waals surface area contributed by atoms with Gasteiger partial charge in [0.2, 0.25) is 5.91 Å². The van der Waals surface area contributed by atoms with Crippen LogP contribution in [-0.4, -0.2) is 73.3 Å². The predicted molar refractivity (Wildman–Crippen MR) is 159 cm³/mol. The van der Waals surface area contributed by atoms with Crippen molar-refractivity contribution in [2.75, 3.05) is 45.1 Å². The lowest BCUT2D eigenvalue weighted by atomic mass is 9.62. The molecule has 40 heavy (non-hydrogen) atoms. The van der Waals surface area contributed by atoms with Crippen LogP contribution in [0.15, 0.2) is 36.4 Å². The first-order valence-corrected chi connectivity index (χ1v) is 14.9. The molecule has 0 unspecified atom stereocenters. The van der Waals surface area contributed by atoms with Crippen LogP contribution < -0.4 is 10.6 Å².